The van der Waals surface area contributed by atoms with Crippen LogP contribution in [0.4, 0.5) is 10.5 Å². The maximum absolute atomic E-state index is 11.9. The lowest BCUT2D eigenvalue weighted by Crippen LogP contribution is -2.34. The third kappa shape index (κ3) is 5.01. The van der Waals surface area contributed by atoms with Gasteiger partial charge in [0.25, 0.3) is 0 Å². The average Bonchev–Trinajstić information content (AvgIpc) is 2.43. The molecule has 0 spiro atoms. The molecule has 2 N–H and O–H groups in total. The highest BCUT2D eigenvalue weighted by atomic mass is 16.5. The van der Waals surface area contributed by atoms with E-state index in [9.17, 15) is 9.59 Å². The van der Waals surface area contributed by atoms with Crippen molar-refractivity contribution in [2.45, 2.75) is 6.92 Å². The number of aliphatic carboxylic acids is 1. The Morgan fingerprint density at radius 3 is 2.55 bits per heavy atom. The SMILES string of the molecule is C=CCN(CC)C(=O)Nc1ccc(OCC(=O)O)cc1. The van der Waals surface area contributed by atoms with Gasteiger partial charge in [-0.1, -0.05) is 6.08 Å². The van der Waals surface area contributed by atoms with Gasteiger partial charge in [-0.15, -0.1) is 6.58 Å². The van der Waals surface area contributed by atoms with Crippen LogP contribution in [-0.4, -0.2) is 41.7 Å². The number of hydrogen-bond donors (Lipinski definition) is 2. The molecule has 0 aliphatic carbocycles. The number of carboxylic acids is 1. The molecule has 6 nitrogen and oxygen atoms in total. The molecule has 0 unspecified atom stereocenters. The Morgan fingerprint density at radius 2 is 2.05 bits per heavy atom. The number of benzene rings is 1. The van der Waals surface area contributed by atoms with E-state index in [-0.39, 0.29) is 6.03 Å². The van der Waals surface area contributed by atoms with Gasteiger partial charge in [-0.05, 0) is 31.2 Å². The third-order valence-electron chi connectivity index (χ3n) is 2.49. The van der Waals surface area contributed by atoms with Crippen molar-refractivity contribution in [2.24, 2.45) is 0 Å². The van der Waals surface area contributed by atoms with Crippen molar-refractivity contribution in [3.63, 3.8) is 0 Å². The predicted molar refractivity (Wildman–Crippen MR) is 76.0 cm³/mol. The Bertz CT molecular complexity index is 471. The van der Waals surface area contributed by atoms with Gasteiger partial charge < -0.3 is 20.1 Å². The van der Waals surface area contributed by atoms with Crippen LogP contribution in [0.5, 0.6) is 5.75 Å². The number of urea groups is 1. The molecule has 0 aromatic heterocycles. The molecule has 1 rings (SSSR count). The van der Waals surface area contributed by atoms with Crippen molar-refractivity contribution >= 4 is 17.7 Å². The monoisotopic (exact) mass is 278 g/mol. The van der Waals surface area contributed by atoms with Crippen molar-refractivity contribution < 1.29 is 19.4 Å². The quantitative estimate of drug-likeness (QED) is 0.749. The molecule has 2 amide bonds. The molecular formula is C14H18N2O4. The van der Waals surface area contributed by atoms with Gasteiger partial charge in [-0.25, -0.2) is 9.59 Å². The molecule has 0 saturated carbocycles. The van der Waals surface area contributed by atoms with E-state index in [1.807, 2.05) is 6.92 Å². The summed E-state index contributed by atoms with van der Waals surface area (Å²) in [6.07, 6.45) is 1.66. The summed E-state index contributed by atoms with van der Waals surface area (Å²) in [6, 6.07) is 6.28. The van der Waals surface area contributed by atoms with Gasteiger partial charge in [0, 0.05) is 18.8 Å². The second-order valence-corrected chi connectivity index (χ2v) is 3.96. The van der Waals surface area contributed by atoms with Gasteiger partial charge in [0.05, 0.1) is 0 Å². The molecule has 108 valence electrons. The minimum atomic E-state index is -1.04. The van der Waals surface area contributed by atoms with Crippen molar-refractivity contribution in [1.29, 1.82) is 0 Å². The Labute approximate surface area is 117 Å². The molecule has 20 heavy (non-hydrogen) atoms. The highest BCUT2D eigenvalue weighted by Crippen LogP contribution is 2.16. The molecule has 0 aliphatic heterocycles. The van der Waals surface area contributed by atoms with Gasteiger partial charge in [-0.3, -0.25) is 0 Å². The van der Waals surface area contributed by atoms with Gasteiger partial charge in [0.15, 0.2) is 6.61 Å². The van der Waals surface area contributed by atoms with E-state index < -0.39 is 12.6 Å². The minimum absolute atomic E-state index is 0.216. The van der Waals surface area contributed by atoms with Crippen LogP contribution in [0.3, 0.4) is 0 Å². The highest BCUT2D eigenvalue weighted by Gasteiger charge is 2.09. The van der Waals surface area contributed by atoms with Crippen LogP contribution in [0.25, 0.3) is 0 Å². The molecular weight excluding hydrogens is 260 g/mol. The number of rotatable bonds is 7. The Kier molecular flexibility index (Phi) is 6.09. The van der Waals surface area contributed by atoms with Crippen molar-refractivity contribution in [1.82, 2.24) is 4.90 Å². The molecule has 0 bridgehead atoms. The van der Waals surface area contributed by atoms with Gasteiger partial charge >= 0.3 is 12.0 Å². The van der Waals surface area contributed by atoms with Crippen LogP contribution in [0.15, 0.2) is 36.9 Å². The molecule has 0 radical (unpaired) electrons. The van der Waals surface area contributed by atoms with E-state index in [2.05, 4.69) is 11.9 Å². The fourth-order valence-corrected chi connectivity index (χ4v) is 1.49. The second kappa shape index (κ2) is 7.83. The maximum atomic E-state index is 11.9. The van der Waals surface area contributed by atoms with Crippen LogP contribution >= 0.6 is 0 Å². The summed E-state index contributed by atoms with van der Waals surface area (Å²) < 4.78 is 5.00. The average molecular weight is 278 g/mol. The number of nitrogens with one attached hydrogen (secondary N) is 1. The molecule has 0 fully saturated rings. The number of carbonyl (C=O) groups is 2. The van der Waals surface area contributed by atoms with E-state index in [4.69, 9.17) is 9.84 Å². The van der Waals surface area contributed by atoms with Gasteiger partial charge in [0.2, 0.25) is 0 Å². The molecule has 0 saturated heterocycles. The molecule has 1 aromatic rings. The first-order chi connectivity index (χ1) is 9.56. The number of carboxylic acid groups (broad SMARTS) is 1. The summed E-state index contributed by atoms with van der Waals surface area (Å²) in [5.41, 5.74) is 0.611. The number of carbonyl (C=O) groups excluding carboxylic acids is 1. The topological polar surface area (TPSA) is 78.9 Å². The van der Waals surface area contributed by atoms with Crippen LogP contribution in [0.1, 0.15) is 6.92 Å². The fourth-order valence-electron chi connectivity index (χ4n) is 1.49. The van der Waals surface area contributed by atoms with E-state index in [1.165, 1.54) is 0 Å². The summed E-state index contributed by atoms with van der Waals surface area (Å²) in [7, 11) is 0. The smallest absolute Gasteiger partial charge is 0.341 e. The largest absolute Gasteiger partial charge is 0.482 e. The zero-order chi connectivity index (χ0) is 15.0. The zero-order valence-corrected chi connectivity index (χ0v) is 11.3. The number of nitrogens with zero attached hydrogens (tertiary/aromatic N) is 1. The number of likely N-dealkylation sites (N-methyl/N-ethyl adjacent to an activating group) is 1. The first-order valence-corrected chi connectivity index (χ1v) is 6.18. The summed E-state index contributed by atoms with van der Waals surface area (Å²) >= 11 is 0. The number of anilines is 1. The molecule has 1 aromatic carbocycles. The van der Waals surface area contributed by atoms with Crippen molar-refractivity contribution in [2.75, 3.05) is 25.0 Å². The predicted octanol–water partition coefficient (Wildman–Crippen LogP) is 2.19. The minimum Gasteiger partial charge on any atom is -0.482 e. The lowest BCUT2D eigenvalue weighted by molar-refractivity contribution is -0.139. The zero-order valence-electron chi connectivity index (χ0n) is 11.3. The first-order valence-electron chi connectivity index (χ1n) is 6.18. The standard InChI is InChI=1S/C14H18N2O4/c1-3-9-16(4-2)14(19)15-11-5-7-12(8-6-11)20-10-13(17)18/h3,5-8H,1,4,9-10H2,2H3,(H,15,19)(H,17,18). The van der Waals surface area contributed by atoms with E-state index in [1.54, 1.807) is 35.2 Å². The molecule has 6 heteroatoms. The lowest BCUT2D eigenvalue weighted by Gasteiger charge is -2.19. The van der Waals surface area contributed by atoms with Crippen LogP contribution in [0.2, 0.25) is 0 Å². The number of ether oxygens (including phenoxy) is 1. The van der Waals surface area contributed by atoms with Crippen molar-refractivity contribution in [3.8, 4) is 5.75 Å². The van der Waals surface area contributed by atoms with Crippen LogP contribution in [0, 0.1) is 0 Å². The van der Waals surface area contributed by atoms with E-state index in [0.29, 0.717) is 24.5 Å². The Hall–Kier alpha value is -2.50. The Balaban J connectivity index is 2.58. The summed E-state index contributed by atoms with van der Waals surface area (Å²) in [4.78, 5) is 23.8. The van der Waals surface area contributed by atoms with Gasteiger partial charge in [0.1, 0.15) is 5.75 Å². The molecule has 0 atom stereocenters. The number of amides is 2. The third-order valence-corrected chi connectivity index (χ3v) is 2.49. The summed E-state index contributed by atoms with van der Waals surface area (Å²) in [5, 5.41) is 11.2. The molecule has 0 aliphatic rings. The summed E-state index contributed by atoms with van der Waals surface area (Å²) in [6.45, 7) is 6.14. The van der Waals surface area contributed by atoms with Gasteiger partial charge in [-0.2, -0.15) is 0 Å². The van der Waals surface area contributed by atoms with Crippen LogP contribution in [-0.2, 0) is 4.79 Å². The summed E-state index contributed by atoms with van der Waals surface area (Å²) in [5.74, 6) is -0.603. The maximum Gasteiger partial charge on any atom is 0.341 e. The normalized spacial score (nSPS) is 9.65. The molecule has 0 heterocycles. The highest BCUT2D eigenvalue weighted by molar-refractivity contribution is 5.89. The van der Waals surface area contributed by atoms with E-state index >= 15 is 0 Å². The second-order valence-electron chi connectivity index (χ2n) is 3.96. The Morgan fingerprint density at radius 1 is 1.40 bits per heavy atom. The van der Waals surface area contributed by atoms with Crippen LogP contribution < -0.4 is 10.1 Å². The van der Waals surface area contributed by atoms with E-state index in [0.717, 1.165) is 0 Å². The lowest BCUT2D eigenvalue weighted by atomic mass is 10.3. The van der Waals surface area contributed by atoms with Crippen molar-refractivity contribution in [3.05, 3.63) is 36.9 Å². The first kappa shape index (κ1) is 15.6. The fraction of sp³-hybridized carbons (Fsp3) is 0.286. The number of hydrogen-bond acceptors (Lipinski definition) is 3.